The van der Waals surface area contributed by atoms with Crippen molar-refractivity contribution in [1.29, 1.82) is 0 Å². The van der Waals surface area contributed by atoms with Gasteiger partial charge in [-0.05, 0) is 0 Å². The third-order valence-electron chi connectivity index (χ3n) is 5.62. The molecule has 0 heterocycles. The maximum atomic E-state index is 2.50. The molecule has 0 spiro atoms. The molecule has 1 unspecified atom stereocenters. The zero-order valence-corrected chi connectivity index (χ0v) is 21.6. The molecule has 148 valence electrons. The normalized spacial score (nSPS) is 15.3. The van der Waals surface area contributed by atoms with Crippen molar-refractivity contribution in [2.24, 2.45) is 0 Å². The third kappa shape index (κ3) is 4.44. The van der Waals surface area contributed by atoms with E-state index in [2.05, 4.69) is 115 Å². The van der Waals surface area contributed by atoms with Gasteiger partial charge in [0.15, 0.2) is 0 Å². The van der Waals surface area contributed by atoms with Crippen molar-refractivity contribution in [2.75, 3.05) is 0 Å². The van der Waals surface area contributed by atoms with Crippen molar-refractivity contribution in [2.45, 2.75) is 10.1 Å². The van der Waals surface area contributed by atoms with Gasteiger partial charge in [-0.3, -0.25) is 0 Å². The van der Waals surface area contributed by atoms with Crippen LogP contribution < -0.4 is 24.8 Å². The molecule has 3 aromatic carbocycles. The average molecular weight is 596 g/mol. The van der Waals surface area contributed by atoms with Crippen LogP contribution in [0.1, 0.15) is 32.3 Å². The maximum absolute atomic E-state index is 2.50. The number of hydrogen-bond acceptors (Lipinski definition) is 0. The van der Waals surface area contributed by atoms with Crippen molar-refractivity contribution >= 4 is 9.33 Å². The Morgan fingerprint density at radius 3 is 1.93 bits per heavy atom. The van der Waals surface area contributed by atoms with Gasteiger partial charge in [0.2, 0.25) is 0 Å². The van der Waals surface area contributed by atoms with Gasteiger partial charge in [0, 0.05) is 0 Å². The first kappa shape index (κ1) is 22.9. The smallest absolute Gasteiger partial charge is 1.00 e. The first-order valence-electron chi connectivity index (χ1n) is 9.90. The van der Waals surface area contributed by atoms with Crippen LogP contribution in [0.5, 0.6) is 0 Å². The number of benzene rings is 3. The van der Waals surface area contributed by atoms with E-state index in [-0.39, 0.29) is 24.8 Å². The van der Waals surface area contributed by atoms with E-state index in [0.29, 0.717) is 3.67 Å². The molecule has 0 nitrogen and oxygen atoms in total. The first-order valence-corrected chi connectivity index (χ1v) is 15.6. The molecule has 3 aromatic rings. The van der Waals surface area contributed by atoms with Crippen molar-refractivity contribution in [3.05, 3.63) is 135 Å². The van der Waals surface area contributed by atoms with Gasteiger partial charge in [-0.1, -0.05) is 0 Å². The molecule has 0 fully saturated rings. The summed E-state index contributed by atoms with van der Waals surface area (Å²) in [5.41, 5.74) is 5.74. The van der Waals surface area contributed by atoms with E-state index in [4.69, 9.17) is 0 Å². The van der Waals surface area contributed by atoms with Crippen LogP contribution in [0.4, 0.5) is 0 Å². The van der Waals surface area contributed by atoms with Gasteiger partial charge in [0.25, 0.3) is 0 Å². The molecular formula is C27H22Cl2Hf. The molecule has 0 aromatic heterocycles. The molecule has 2 aliphatic rings. The summed E-state index contributed by atoms with van der Waals surface area (Å²) in [5, 5.41) is 0. The molecule has 1 atom stereocenters. The third-order valence-corrected chi connectivity index (χ3v) is 17.5. The topological polar surface area (TPSA) is 0 Å². The Kier molecular flexibility index (Phi) is 7.99. The fourth-order valence-electron chi connectivity index (χ4n) is 4.35. The van der Waals surface area contributed by atoms with Crippen molar-refractivity contribution < 1.29 is 45.8 Å². The van der Waals surface area contributed by atoms with Gasteiger partial charge in [0.05, 0.1) is 0 Å². The zero-order chi connectivity index (χ0) is 18.8. The number of allylic oxidation sites excluding steroid dienone is 5. The zero-order valence-electron chi connectivity index (χ0n) is 16.5. The Morgan fingerprint density at radius 1 is 0.733 bits per heavy atom. The fourth-order valence-corrected chi connectivity index (χ4v) is 16.8. The van der Waals surface area contributed by atoms with Gasteiger partial charge < -0.3 is 24.8 Å². The molecule has 0 radical (unpaired) electrons. The van der Waals surface area contributed by atoms with Crippen LogP contribution in [-0.2, 0) is 21.0 Å². The molecule has 0 aliphatic heterocycles. The number of hydrogen-bond donors (Lipinski definition) is 0. The predicted octanol–water partition coefficient (Wildman–Crippen LogP) is 0.494. The average Bonchev–Trinajstić information content (AvgIpc) is 3.44. The summed E-state index contributed by atoms with van der Waals surface area (Å²) >= 11 is -2.49. The molecule has 0 bridgehead atoms. The van der Waals surface area contributed by atoms with Crippen LogP contribution in [0, 0.1) is 0 Å². The van der Waals surface area contributed by atoms with E-state index < -0.39 is 21.0 Å². The monoisotopic (exact) mass is 596 g/mol. The molecule has 0 N–H and O–H groups in total. The van der Waals surface area contributed by atoms with Gasteiger partial charge in [0.1, 0.15) is 0 Å². The molecule has 2 aliphatic carbocycles. The number of fused-ring (bicyclic) bond motifs is 1. The van der Waals surface area contributed by atoms with Gasteiger partial charge in [-0.15, -0.1) is 0 Å². The molecule has 0 saturated carbocycles. The van der Waals surface area contributed by atoms with Crippen molar-refractivity contribution in [3.63, 3.8) is 0 Å². The van der Waals surface area contributed by atoms with E-state index >= 15 is 0 Å². The van der Waals surface area contributed by atoms with Gasteiger partial charge in [-0.25, -0.2) is 0 Å². The second kappa shape index (κ2) is 10.5. The fraction of sp³-hybridized carbons (Fsp3) is 0.0741. The summed E-state index contributed by atoms with van der Waals surface area (Å²) in [5.74, 6) is 0. The second-order valence-electron chi connectivity index (χ2n) is 7.31. The van der Waals surface area contributed by atoms with Crippen LogP contribution >= 0.6 is 0 Å². The van der Waals surface area contributed by atoms with Crippen molar-refractivity contribution in [3.8, 4) is 0 Å². The quantitative estimate of drug-likeness (QED) is 0.386. The Morgan fingerprint density at radius 2 is 1.33 bits per heavy atom. The van der Waals surface area contributed by atoms with Gasteiger partial charge in [-0.2, -0.15) is 0 Å². The second-order valence-corrected chi connectivity index (χ2v) is 16.6. The molecule has 30 heavy (non-hydrogen) atoms. The summed E-state index contributed by atoms with van der Waals surface area (Å²) in [6.45, 7) is 0. The van der Waals surface area contributed by atoms with Crippen LogP contribution in [0.2, 0.25) is 0 Å². The van der Waals surface area contributed by atoms with Crippen LogP contribution in [0.25, 0.3) is 6.08 Å². The van der Waals surface area contributed by atoms with E-state index in [9.17, 15) is 0 Å². The summed E-state index contributed by atoms with van der Waals surface area (Å²) in [6, 6.07) is 31.2. The minimum absolute atomic E-state index is 0. The molecule has 3 heteroatoms. The number of halogens is 2. The van der Waals surface area contributed by atoms with Gasteiger partial charge >= 0.3 is 175 Å². The summed E-state index contributed by atoms with van der Waals surface area (Å²) in [4.78, 5) is 0. The SMILES string of the molecule is C1=CC[C]([Hf+2](=[C](c2ccccc2)c2ccccc2)[CH]2C=Cc3ccccc32)=C1.[Cl-].[Cl-]. The predicted molar refractivity (Wildman–Crippen MR) is 116 cm³/mol. The van der Waals surface area contributed by atoms with Crippen LogP contribution in [0.15, 0.2) is 113 Å². The first-order chi connectivity index (χ1) is 13.9. The van der Waals surface area contributed by atoms with E-state index in [1.165, 1.54) is 22.3 Å². The molecule has 5 rings (SSSR count). The van der Waals surface area contributed by atoms with Crippen LogP contribution in [-0.4, -0.2) is 3.26 Å². The molecule has 0 amide bonds. The largest absolute Gasteiger partial charge is 1.00 e. The van der Waals surface area contributed by atoms with E-state index in [1.54, 1.807) is 6.58 Å². The Labute approximate surface area is 198 Å². The van der Waals surface area contributed by atoms with E-state index in [1.807, 2.05) is 0 Å². The van der Waals surface area contributed by atoms with Crippen LogP contribution in [0.3, 0.4) is 0 Å². The minimum atomic E-state index is -2.49. The molecular weight excluding hydrogens is 574 g/mol. The Bertz CT molecular complexity index is 1080. The van der Waals surface area contributed by atoms with Crippen molar-refractivity contribution in [1.82, 2.24) is 0 Å². The molecule has 0 saturated heterocycles. The summed E-state index contributed by atoms with van der Waals surface area (Å²) in [6.07, 6.45) is 13.0. The summed E-state index contributed by atoms with van der Waals surface area (Å²) in [7, 11) is 0. The Balaban J connectivity index is 0.00000128. The number of rotatable bonds is 4. The standard InChI is InChI=1S/C13H10.C9H7.C5H5.2ClH.Hf/c1-3-7-12(8-4-1)11-13-9-5-2-6-10-13;1-2-5-9-7-3-6-8(9)4-1;1-2-4-5-3-1;;;/h1-10H;1-7H;1-3H,4H2;2*1H;/q;;;;;+2/p-2. The maximum Gasteiger partial charge on any atom is -1.00 e. The summed E-state index contributed by atoms with van der Waals surface area (Å²) < 4.78 is 3.91. The minimum Gasteiger partial charge on any atom is -1.00 e. The Hall–Kier alpha value is -1.80. The van der Waals surface area contributed by atoms with E-state index in [0.717, 1.165) is 6.42 Å².